The molecule has 0 radical (unpaired) electrons. The molecule has 1 aromatic rings. The molecule has 1 aromatic carbocycles. The first-order valence-corrected chi connectivity index (χ1v) is 10.2. The number of ether oxygens (including phenoxy) is 2. The van der Waals surface area contributed by atoms with Crippen molar-refractivity contribution in [1.29, 1.82) is 0 Å². The maximum absolute atomic E-state index is 12.6. The van der Waals surface area contributed by atoms with Gasteiger partial charge in [-0.1, -0.05) is 24.3 Å². The topological polar surface area (TPSA) is 97.0 Å². The van der Waals surface area contributed by atoms with E-state index in [4.69, 9.17) is 9.47 Å². The summed E-state index contributed by atoms with van der Waals surface area (Å²) in [5, 5.41) is 5.78. The molecule has 0 unspecified atom stereocenters. The summed E-state index contributed by atoms with van der Waals surface area (Å²) in [5.41, 5.74) is 1.50. The Bertz CT molecular complexity index is 681. The number of hydrogen-bond acceptors (Lipinski definition) is 6. The number of carbonyl (C=O) groups is 1. The molecule has 0 saturated carbocycles. The van der Waals surface area contributed by atoms with Crippen molar-refractivity contribution in [2.24, 2.45) is 0 Å². The SMILES string of the molecule is COCCNCC(=O)NCc1ccccc1CS(=O)(=O)N1CCOCC1.Cl. The van der Waals surface area contributed by atoms with Crippen molar-refractivity contribution in [2.45, 2.75) is 12.3 Å². The van der Waals surface area contributed by atoms with Crippen molar-refractivity contribution in [3.05, 3.63) is 35.4 Å². The number of nitrogens with one attached hydrogen (secondary N) is 2. The van der Waals surface area contributed by atoms with Gasteiger partial charge in [-0.2, -0.15) is 4.31 Å². The predicted octanol–water partition coefficient (Wildman–Crippen LogP) is 0.123. The fraction of sp³-hybridized carbons (Fsp3) is 0.588. The summed E-state index contributed by atoms with van der Waals surface area (Å²) in [5.74, 6) is -0.225. The average Bonchev–Trinajstić information content (AvgIpc) is 2.65. The number of sulfonamides is 1. The van der Waals surface area contributed by atoms with Gasteiger partial charge in [0.05, 0.1) is 32.1 Å². The van der Waals surface area contributed by atoms with Crippen LogP contribution in [0.1, 0.15) is 11.1 Å². The predicted molar refractivity (Wildman–Crippen MR) is 105 cm³/mol. The zero-order chi connectivity index (χ0) is 18.8. The zero-order valence-electron chi connectivity index (χ0n) is 15.5. The Balaban J connectivity index is 0.00000364. The summed E-state index contributed by atoms with van der Waals surface area (Å²) in [4.78, 5) is 11.9. The minimum atomic E-state index is -3.40. The van der Waals surface area contributed by atoms with Crippen LogP contribution in [-0.4, -0.2) is 71.7 Å². The lowest BCUT2D eigenvalue weighted by Crippen LogP contribution is -2.41. The monoisotopic (exact) mass is 421 g/mol. The molecule has 0 spiro atoms. The summed E-state index contributed by atoms with van der Waals surface area (Å²) in [6, 6.07) is 7.27. The second kappa shape index (κ2) is 12.3. The van der Waals surface area contributed by atoms with Gasteiger partial charge in [-0.25, -0.2) is 8.42 Å². The highest BCUT2D eigenvalue weighted by atomic mass is 35.5. The summed E-state index contributed by atoms with van der Waals surface area (Å²) in [7, 11) is -1.80. The van der Waals surface area contributed by atoms with Crippen LogP contribution < -0.4 is 10.6 Å². The van der Waals surface area contributed by atoms with Gasteiger partial charge in [0.1, 0.15) is 0 Å². The third-order valence-electron chi connectivity index (χ3n) is 4.06. The van der Waals surface area contributed by atoms with Gasteiger partial charge in [0.25, 0.3) is 0 Å². The molecule has 1 aliphatic heterocycles. The minimum Gasteiger partial charge on any atom is -0.383 e. The molecule has 2 rings (SSSR count). The molecule has 2 N–H and O–H groups in total. The van der Waals surface area contributed by atoms with Crippen LogP contribution in [0, 0.1) is 0 Å². The molecule has 154 valence electrons. The van der Waals surface area contributed by atoms with E-state index in [1.54, 1.807) is 13.2 Å². The van der Waals surface area contributed by atoms with Crippen LogP contribution in [0.25, 0.3) is 0 Å². The third kappa shape index (κ3) is 8.12. The van der Waals surface area contributed by atoms with E-state index in [1.165, 1.54) is 4.31 Å². The van der Waals surface area contributed by atoms with E-state index in [1.807, 2.05) is 18.2 Å². The number of hydrogen-bond donors (Lipinski definition) is 2. The third-order valence-corrected chi connectivity index (χ3v) is 5.89. The van der Waals surface area contributed by atoms with E-state index >= 15 is 0 Å². The summed E-state index contributed by atoms with van der Waals surface area (Å²) < 4.78 is 36.8. The number of halogens is 1. The molecule has 0 aliphatic carbocycles. The van der Waals surface area contributed by atoms with E-state index in [0.29, 0.717) is 51.6 Å². The van der Waals surface area contributed by atoms with Crippen molar-refractivity contribution in [1.82, 2.24) is 14.9 Å². The summed E-state index contributed by atoms with van der Waals surface area (Å²) in [6.45, 7) is 3.23. The number of methoxy groups -OCH3 is 1. The van der Waals surface area contributed by atoms with Gasteiger partial charge >= 0.3 is 0 Å². The Labute approximate surface area is 167 Å². The van der Waals surface area contributed by atoms with Gasteiger partial charge in [-0.3, -0.25) is 4.79 Å². The molecule has 1 saturated heterocycles. The van der Waals surface area contributed by atoms with Crippen LogP contribution in [0.15, 0.2) is 24.3 Å². The summed E-state index contributed by atoms with van der Waals surface area (Å²) in [6.07, 6.45) is 0. The maximum Gasteiger partial charge on any atom is 0.234 e. The molecular weight excluding hydrogens is 394 g/mol. The highest BCUT2D eigenvalue weighted by molar-refractivity contribution is 7.88. The second-order valence-electron chi connectivity index (χ2n) is 5.98. The largest absolute Gasteiger partial charge is 0.383 e. The van der Waals surface area contributed by atoms with Crippen molar-refractivity contribution in [2.75, 3.05) is 53.1 Å². The lowest BCUT2D eigenvalue weighted by molar-refractivity contribution is -0.120. The molecular formula is C17H28ClN3O5S. The molecule has 0 atom stereocenters. The molecule has 27 heavy (non-hydrogen) atoms. The number of carbonyl (C=O) groups excluding carboxylic acids is 1. The van der Waals surface area contributed by atoms with Crippen LogP contribution in [0.3, 0.4) is 0 Å². The Hall–Kier alpha value is -1.23. The Morgan fingerprint density at radius 2 is 1.89 bits per heavy atom. The first kappa shape index (κ1) is 23.8. The highest BCUT2D eigenvalue weighted by Crippen LogP contribution is 2.16. The Morgan fingerprint density at radius 1 is 1.22 bits per heavy atom. The number of rotatable bonds is 10. The van der Waals surface area contributed by atoms with Gasteiger partial charge in [0.2, 0.25) is 15.9 Å². The number of morpholine rings is 1. The molecule has 0 aromatic heterocycles. The molecule has 1 amide bonds. The summed E-state index contributed by atoms with van der Waals surface area (Å²) >= 11 is 0. The van der Waals surface area contributed by atoms with Crippen molar-refractivity contribution >= 4 is 28.3 Å². The number of amides is 1. The molecule has 1 aliphatic rings. The van der Waals surface area contributed by atoms with E-state index in [9.17, 15) is 13.2 Å². The van der Waals surface area contributed by atoms with E-state index in [-0.39, 0.29) is 30.6 Å². The van der Waals surface area contributed by atoms with Gasteiger partial charge in [0.15, 0.2) is 0 Å². The minimum absolute atomic E-state index is 0. The van der Waals surface area contributed by atoms with Gasteiger partial charge < -0.3 is 20.1 Å². The average molecular weight is 422 g/mol. The van der Waals surface area contributed by atoms with E-state index < -0.39 is 10.0 Å². The highest BCUT2D eigenvalue weighted by Gasteiger charge is 2.25. The lowest BCUT2D eigenvalue weighted by Gasteiger charge is -2.26. The van der Waals surface area contributed by atoms with E-state index in [0.717, 1.165) is 5.56 Å². The zero-order valence-corrected chi connectivity index (χ0v) is 17.1. The molecule has 1 heterocycles. The van der Waals surface area contributed by atoms with Crippen LogP contribution in [0.2, 0.25) is 0 Å². The second-order valence-corrected chi connectivity index (χ2v) is 7.95. The van der Waals surface area contributed by atoms with Gasteiger partial charge in [-0.15, -0.1) is 12.4 Å². The van der Waals surface area contributed by atoms with Crippen LogP contribution in [0.4, 0.5) is 0 Å². The van der Waals surface area contributed by atoms with Crippen molar-refractivity contribution in [3.63, 3.8) is 0 Å². The van der Waals surface area contributed by atoms with Crippen LogP contribution >= 0.6 is 12.4 Å². The van der Waals surface area contributed by atoms with E-state index in [2.05, 4.69) is 10.6 Å². The fourth-order valence-electron chi connectivity index (χ4n) is 2.62. The van der Waals surface area contributed by atoms with Crippen molar-refractivity contribution < 1.29 is 22.7 Å². The Kier molecular flexibility index (Phi) is 10.8. The fourth-order valence-corrected chi connectivity index (χ4v) is 4.18. The van der Waals surface area contributed by atoms with Gasteiger partial charge in [-0.05, 0) is 11.1 Å². The Morgan fingerprint density at radius 3 is 2.56 bits per heavy atom. The smallest absolute Gasteiger partial charge is 0.234 e. The normalized spacial score (nSPS) is 15.1. The standard InChI is InChI=1S/C17H27N3O5S.ClH/c1-24-9-6-18-13-17(21)19-12-15-4-2-3-5-16(15)14-26(22,23)20-7-10-25-11-8-20;/h2-5,18H,6-14H2,1H3,(H,19,21);1H. The molecule has 8 nitrogen and oxygen atoms in total. The van der Waals surface area contributed by atoms with Crippen molar-refractivity contribution in [3.8, 4) is 0 Å². The molecule has 0 bridgehead atoms. The lowest BCUT2D eigenvalue weighted by atomic mass is 10.1. The first-order valence-electron chi connectivity index (χ1n) is 8.61. The van der Waals surface area contributed by atoms with Crippen LogP contribution in [-0.2, 0) is 36.6 Å². The number of benzene rings is 1. The molecule has 1 fully saturated rings. The first-order chi connectivity index (χ1) is 12.5. The van der Waals surface area contributed by atoms with Gasteiger partial charge in [0, 0.05) is 33.3 Å². The molecule has 10 heteroatoms. The number of nitrogens with zero attached hydrogens (tertiary/aromatic N) is 1. The van der Waals surface area contributed by atoms with Crippen LogP contribution in [0.5, 0.6) is 0 Å². The maximum atomic E-state index is 12.6. The quantitative estimate of drug-likeness (QED) is 0.521.